The van der Waals surface area contributed by atoms with Gasteiger partial charge >= 0.3 is 0 Å². The highest BCUT2D eigenvalue weighted by atomic mass is 16.5. The first-order chi connectivity index (χ1) is 7.24. The number of rotatable bonds is 9. The van der Waals surface area contributed by atoms with E-state index in [4.69, 9.17) is 4.74 Å². The lowest BCUT2D eigenvalue weighted by molar-refractivity contribution is -0.122. The van der Waals surface area contributed by atoms with Gasteiger partial charge in [0.05, 0.1) is 6.61 Å². The molecule has 0 aliphatic heterocycles. The zero-order valence-electron chi connectivity index (χ0n) is 10.3. The van der Waals surface area contributed by atoms with Crippen molar-refractivity contribution in [2.45, 2.75) is 46.5 Å². The molecule has 1 N–H and O–H groups in total. The van der Waals surface area contributed by atoms with Gasteiger partial charge in [0, 0.05) is 19.6 Å². The maximum Gasteiger partial charge on any atom is 0.222 e. The van der Waals surface area contributed by atoms with Gasteiger partial charge in [-0.3, -0.25) is 4.79 Å². The third-order valence-corrected chi connectivity index (χ3v) is 2.56. The molecule has 0 aromatic rings. The van der Waals surface area contributed by atoms with E-state index < -0.39 is 0 Å². The minimum atomic E-state index is 0.109. The van der Waals surface area contributed by atoms with E-state index in [2.05, 4.69) is 26.1 Å². The molecule has 15 heavy (non-hydrogen) atoms. The average molecular weight is 215 g/mol. The molecule has 3 heteroatoms. The lowest BCUT2D eigenvalue weighted by Gasteiger charge is -2.13. The van der Waals surface area contributed by atoms with Crippen LogP contribution in [0, 0.1) is 5.92 Å². The molecule has 0 aliphatic rings. The van der Waals surface area contributed by atoms with Gasteiger partial charge in [0.15, 0.2) is 0 Å². The van der Waals surface area contributed by atoms with Crippen molar-refractivity contribution < 1.29 is 9.53 Å². The second kappa shape index (κ2) is 9.97. The van der Waals surface area contributed by atoms with Crippen LogP contribution in [0.2, 0.25) is 0 Å². The second-order valence-electron chi connectivity index (χ2n) is 3.85. The van der Waals surface area contributed by atoms with E-state index in [1.807, 2.05) is 0 Å². The molecule has 0 heterocycles. The van der Waals surface area contributed by atoms with Crippen molar-refractivity contribution in [2.75, 3.05) is 19.8 Å². The van der Waals surface area contributed by atoms with Gasteiger partial charge in [-0.1, -0.05) is 33.6 Å². The van der Waals surface area contributed by atoms with Crippen LogP contribution in [0.4, 0.5) is 0 Å². The van der Waals surface area contributed by atoms with Crippen molar-refractivity contribution in [3.63, 3.8) is 0 Å². The Morgan fingerprint density at radius 3 is 2.40 bits per heavy atom. The van der Waals surface area contributed by atoms with Crippen LogP contribution in [0.3, 0.4) is 0 Å². The van der Waals surface area contributed by atoms with Crippen LogP contribution in [0.15, 0.2) is 0 Å². The molecular formula is C12H25NO2. The molecule has 0 rings (SSSR count). The number of hydrogen-bond donors (Lipinski definition) is 1. The minimum Gasteiger partial charge on any atom is -0.381 e. The van der Waals surface area contributed by atoms with E-state index in [-0.39, 0.29) is 5.91 Å². The monoisotopic (exact) mass is 215 g/mol. The van der Waals surface area contributed by atoms with E-state index in [0.29, 0.717) is 18.9 Å². The van der Waals surface area contributed by atoms with Gasteiger partial charge in [-0.25, -0.2) is 0 Å². The van der Waals surface area contributed by atoms with Crippen LogP contribution < -0.4 is 5.32 Å². The maximum absolute atomic E-state index is 11.4. The topological polar surface area (TPSA) is 38.3 Å². The molecule has 0 spiro atoms. The van der Waals surface area contributed by atoms with Crippen molar-refractivity contribution >= 4 is 5.91 Å². The molecule has 0 atom stereocenters. The third kappa shape index (κ3) is 8.43. The number of ether oxygens (including phenoxy) is 1. The van der Waals surface area contributed by atoms with Crippen molar-refractivity contribution in [2.24, 2.45) is 5.92 Å². The van der Waals surface area contributed by atoms with Gasteiger partial charge in [-0.2, -0.15) is 0 Å². The zero-order valence-corrected chi connectivity index (χ0v) is 10.3. The standard InChI is InChI=1S/C12H25NO2/c1-4-8-15-9-7-12(14)13-10-11(5-2)6-3/h11H,4-10H2,1-3H3,(H,13,14). The van der Waals surface area contributed by atoms with Crippen LogP contribution in [0.1, 0.15) is 46.5 Å². The first-order valence-electron chi connectivity index (χ1n) is 6.08. The molecule has 3 nitrogen and oxygen atoms in total. The fraction of sp³-hybridized carbons (Fsp3) is 0.917. The molecule has 0 fully saturated rings. The Labute approximate surface area is 93.6 Å². The number of hydrogen-bond acceptors (Lipinski definition) is 2. The summed E-state index contributed by atoms with van der Waals surface area (Å²) in [4.78, 5) is 11.4. The van der Waals surface area contributed by atoms with Crippen molar-refractivity contribution in [1.29, 1.82) is 0 Å². The molecule has 90 valence electrons. The van der Waals surface area contributed by atoms with E-state index >= 15 is 0 Å². The van der Waals surface area contributed by atoms with E-state index in [0.717, 1.165) is 32.4 Å². The smallest absolute Gasteiger partial charge is 0.222 e. The predicted molar refractivity (Wildman–Crippen MR) is 62.8 cm³/mol. The SMILES string of the molecule is CCCOCCC(=O)NCC(CC)CC. The van der Waals surface area contributed by atoms with Crippen LogP contribution in [-0.2, 0) is 9.53 Å². The zero-order chi connectivity index (χ0) is 11.5. The molecule has 0 aromatic heterocycles. The molecule has 0 bridgehead atoms. The third-order valence-electron chi connectivity index (χ3n) is 2.56. The van der Waals surface area contributed by atoms with E-state index in [9.17, 15) is 4.79 Å². The van der Waals surface area contributed by atoms with Gasteiger partial charge in [-0.15, -0.1) is 0 Å². The lowest BCUT2D eigenvalue weighted by atomic mass is 10.0. The van der Waals surface area contributed by atoms with E-state index in [1.165, 1.54) is 0 Å². The molecule has 1 amide bonds. The van der Waals surface area contributed by atoms with Gasteiger partial charge in [0.25, 0.3) is 0 Å². The first kappa shape index (κ1) is 14.4. The Morgan fingerprint density at radius 1 is 1.20 bits per heavy atom. The summed E-state index contributed by atoms with van der Waals surface area (Å²) in [5.74, 6) is 0.725. The summed E-state index contributed by atoms with van der Waals surface area (Å²) < 4.78 is 5.25. The second-order valence-corrected chi connectivity index (χ2v) is 3.85. The summed E-state index contributed by atoms with van der Waals surface area (Å²) in [5, 5.41) is 2.94. The van der Waals surface area contributed by atoms with Crippen molar-refractivity contribution in [3.05, 3.63) is 0 Å². The van der Waals surface area contributed by atoms with Crippen LogP contribution in [0.5, 0.6) is 0 Å². The Morgan fingerprint density at radius 2 is 1.87 bits per heavy atom. The maximum atomic E-state index is 11.4. The highest BCUT2D eigenvalue weighted by Gasteiger charge is 2.05. The largest absolute Gasteiger partial charge is 0.381 e. The van der Waals surface area contributed by atoms with Gasteiger partial charge in [-0.05, 0) is 12.3 Å². The summed E-state index contributed by atoms with van der Waals surface area (Å²) in [6, 6.07) is 0. The fourth-order valence-corrected chi connectivity index (χ4v) is 1.34. The number of carbonyl (C=O) groups excluding carboxylic acids is 1. The highest BCUT2D eigenvalue weighted by Crippen LogP contribution is 2.04. The Balaban J connectivity index is 3.40. The van der Waals surface area contributed by atoms with Crippen molar-refractivity contribution in [1.82, 2.24) is 5.32 Å². The molecular weight excluding hydrogens is 190 g/mol. The Hall–Kier alpha value is -0.570. The number of carbonyl (C=O) groups is 1. The summed E-state index contributed by atoms with van der Waals surface area (Å²) in [5.41, 5.74) is 0. The Kier molecular flexibility index (Phi) is 9.59. The number of nitrogens with one attached hydrogen (secondary N) is 1. The fourth-order valence-electron chi connectivity index (χ4n) is 1.34. The normalized spacial score (nSPS) is 10.7. The predicted octanol–water partition coefficient (Wildman–Crippen LogP) is 2.36. The van der Waals surface area contributed by atoms with Crippen LogP contribution in [-0.4, -0.2) is 25.7 Å². The minimum absolute atomic E-state index is 0.109. The summed E-state index contributed by atoms with van der Waals surface area (Å²) in [6.07, 6.45) is 3.75. The Bertz CT molecular complexity index is 156. The summed E-state index contributed by atoms with van der Waals surface area (Å²) in [6.45, 7) is 8.48. The lowest BCUT2D eigenvalue weighted by Crippen LogP contribution is -2.29. The molecule has 0 saturated heterocycles. The molecule has 0 saturated carbocycles. The summed E-state index contributed by atoms with van der Waals surface area (Å²) >= 11 is 0. The first-order valence-corrected chi connectivity index (χ1v) is 6.08. The van der Waals surface area contributed by atoms with Crippen molar-refractivity contribution in [3.8, 4) is 0 Å². The van der Waals surface area contributed by atoms with Gasteiger partial charge in [0.2, 0.25) is 5.91 Å². The van der Waals surface area contributed by atoms with Crippen LogP contribution >= 0.6 is 0 Å². The molecule has 0 radical (unpaired) electrons. The van der Waals surface area contributed by atoms with Gasteiger partial charge in [0.1, 0.15) is 0 Å². The van der Waals surface area contributed by atoms with Crippen LogP contribution in [0.25, 0.3) is 0 Å². The quantitative estimate of drug-likeness (QED) is 0.600. The van der Waals surface area contributed by atoms with Gasteiger partial charge < -0.3 is 10.1 Å². The molecule has 0 aromatic carbocycles. The molecule has 0 aliphatic carbocycles. The average Bonchev–Trinajstić information content (AvgIpc) is 2.26. The molecule has 0 unspecified atom stereocenters. The highest BCUT2D eigenvalue weighted by molar-refractivity contribution is 5.75. The number of amides is 1. The van der Waals surface area contributed by atoms with E-state index in [1.54, 1.807) is 0 Å². The summed E-state index contributed by atoms with van der Waals surface area (Å²) in [7, 11) is 0.